The molecule has 1 amide bonds. The van der Waals surface area contributed by atoms with Crippen LogP contribution in [0.4, 0.5) is 0 Å². The zero-order valence-electron chi connectivity index (χ0n) is 7.92. The summed E-state index contributed by atoms with van der Waals surface area (Å²) < 4.78 is 0. The Balaban J connectivity index is 2.50. The summed E-state index contributed by atoms with van der Waals surface area (Å²) in [4.78, 5) is 11.5. The Kier molecular flexibility index (Phi) is 3.92. The van der Waals surface area contributed by atoms with Crippen molar-refractivity contribution in [2.45, 2.75) is 25.7 Å². The van der Waals surface area contributed by atoms with Crippen LogP contribution in [-0.2, 0) is 4.79 Å². The fraction of sp³-hybridized carbons (Fsp3) is 0.667. The standard InChI is InChI=1S/C9H16N2O2/c1-10-7-11(13)9(12)8-5-3-2-4-6-8/h5,10,13H,2-4,6-7H2,1H3. The molecule has 1 aliphatic carbocycles. The van der Waals surface area contributed by atoms with Crippen LogP contribution in [-0.4, -0.2) is 29.9 Å². The van der Waals surface area contributed by atoms with E-state index in [1.54, 1.807) is 7.05 Å². The predicted molar refractivity (Wildman–Crippen MR) is 49.1 cm³/mol. The van der Waals surface area contributed by atoms with Crippen molar-refractivity contribution < 1.29 is 10.0 Å². The SMILES string of the molecule is CNCN(O)C(=O)C1=CCCCC1. The third kappa shape index (κ3) is 2.82. The molecule has 0 atom stereocenters. The molecule has 13 heavy (non-hydrogen) atoms. The van der Waals surface area contributed by atoms with Crippen LogP contribution in [0.15, 0.2) is 11.6 Å². The predicted octanol–water partition coefficient (Wildman–Crippen LogP) is 0.881. The molecule has 0 fully saturated rings. The van der Waals surface area contributed by atoms with Crippen LogP contribution < -0.4 is 5.32 Å². The molecule has 4 heteroatoms. The summed E-state index contributed by atoms with van der Waals surface area (Å²) in [5, 5.41) is 12.7. The molecule has 1 aliphatic rings. The highest BCUT2D eigenvalue weighted by atomic mass is 16.5. The number of amides is 1. The van der Waals surface area contributed by atoms with Crippen LogP contribution >= 0.6 is 0 Å². The molecule has 0 bridgehead atoms. The van der Waals surface area contributed by atoms with Gasteiger partial charge in [-0.1, -0.05) is 6.08 Å². The van der Waals surface area contributed by atoms with Gasteiger partial charge in [-0.15, -0.1) is 0 Å². The first kappa shape index (κ1) is 10.2. The van der Waals surface area contributed by atoms with Crippen LogP contribution in [0.25, 0.3) is 0 Å². The summed E-state index contributed by atoms with van der Waals surface area (Å²) >= 11 is 0. The van der Waals surface area contributed by atoms with Crippen molar-refractivity contribution in [1.82, 2.24) is 10.4 Å². The molecule has 4 nitrogen and oxygen atoms in total. The Hall–Kier alpha value is -0.870. The van der Waals surface area contributed by atoms with E-state index in [-0.39, 0.29) is 12.6 Å². The van der Waals surface area contributed by atoms with Gasteiger partial charge in [0, 0.05) is 5.57 Å². The minimum atomic E-state index is -0.269. The minimum absolute atomic E-state index is 0.177. The molecule has 1 rings (SSSR count). The second kappa shape index (κ2) is 4.99. The first-order valence-electron chi connectivity index (χ1n) is 4.60. The molecular formula is C9H16N2O2. The van der Waals surface area contributed by atoms with E-state index < -0.39 is 0 Å². The van der Waals surface area contributed by atoms with E-state index in [4.69, 9.17) is 0 Å². The molecule has 74 valence electrons. The lowest BCUT2D eigenvalue weighted by atomic mass is 9.99. The van der Waals surface area contributed by atoms with Crippen molar-refractivity contribution in [1.29, 1.82) is 0 Å². The molecular weight excluding hydrogens is 168 g/mol. The molecule has 0 heterocycles. The molecule has 0 unspecified atom stereocenters. The quantitative estimate of drug-likeness (QED) is 0.389. The molecule has 0 aliphatic heterocycles. The van der Waals surface area contributed by atoms with Crippen LogP contribution in [0, 0.1) is 0 Å². The molecule has 2 N–H and O–H groups in total. The Morgan fingerprint density at radius 2 is 2.46 bits per heavy atom. The van der Waals surface area contributed by atoms with Crippen LogP contribution in [0.1, 0.15) is 25.7 Å². The second-order valence-corrected chi connectivity index (χ2v) is 3.19. The number of carbonyl (C=O) groups excluding carboxylic acids is 1. The monoisotopic (exact) mass is 184 g/mol. The summed E-state index contributed by atoms with van der Waals surface area (Å²) in [7, 11) is 1.69. The van der Waals surface area contributed by atoms with E-state index in [0.29, 0.717) is 0 Å². The smallest absolute Gasteiger partial charge is 0.274 e. The average Bonchev–Trinajstić information content (AvgIpc) is 2.18. The number of carbonyl (C=O) groups is 1. The van der Waals surface area contributed by atoms with E-state index in [2.05, 4.69) is 5.32 Å². The van der Waals surface area contributed by atoms with Gasteiger partial charge >= 0.3 is 0 Å². The second-order valence-electron chi connectivity index (χ2n) is 3.19. The average molecular weight is 184 g/mol. The van der Waals surface area contributed by atoms with Gasteiger partial charge in [0.1, 0.15) is 0 Å². The largest absolute Gasteiger partial charge is 0.301 e. The van der Waals surface area contributed by atoms with Gasteiger partial charge in [-0.2, -0.15) is 0 Å². The number of hydrogen-bond donors (Lipinski definition) is 2. The number of nitrogens with zero attached hydrogens (tertiary/aromatic N) is 1. The molecule has 0 spiro atoms. The fourth-order valence-electron chi connectivity index (χ4n) is 1.42. The van der Waals surface area contributed by atoms with Gasteiger partial charge in [-0.05, 0) is 32.7 Å². The van der Waals surface area contributed by atoms with Crippen molar-refractivity contribution in [3.8, 4) is 0 Å². The first-order valence-corrected chi connectivity index (χ1v) is 4.60. The van der Waals surface area contributed by atoms with Gasteiger partial charge in [0.25, 0.3) is 5.91 Å². The topological polar surface area (TPSA) is 52.6 Å². The van der Waals surface area contributed by atoms with Gasteiger partial charge in [-0.25, -0.2) is 5.06 Å². The highest BCUT2D eigenvalue weighted by Gasteiger charge is 2.16. The van der Waals surface area contributed by atoms with Gasteiger partial charge in [0.05, 0.1) is 6.67 Å². The molecule has 0 aromatic rings. The van der Waals surface area contributed by atoms with Crippen molar-refractivity contribution >= 4 is 5.91 Å². The fourth-order valence-corrected chi connectivity index (χ4v) is 1.42. The Morgan fingerprint density at radius 1 is 1.69 bits per heavy atom. The summed E-state index contributed by atoms with van der Waals surface area (Å²) in [6.45, 7) is 0.177. The summed E-state index contributed by atoms with van der Waals surface area (Å²) in [6.07, 6.45) is 5.86. The van der Waals surface area contributed by atoms with E-state index in [1.807, 2.05) is 6.08 Å². The van der Waals surface area contributed by atoms with E-state index in [9.17, 15) is 10.0 Å². The third-order valence-corrected chi connectivity index (χ3v) is 2.11. The zero-order valence-corrected chi connectivity index (χ0v) is 7.92. The lowest BCUT2D eigenvalue weighted by Crippen LogP contribution is -2.35. The summed E-state index contributed by atoms with van der Waals surface area (Å²) in [5.41, 5.74) is 0.740. The molecule has 0 aromatic heterocycles. The molecule has 0 saturated carbocycles. The van der Waals surface area contributed by atoms with Gasteiger partial charge in [-0.3, -0.25) is 10.0 Å². The number of hydroxylamine groups is 2. The van der Waals surface area contributed by atoms with Crippen molar-refractivity contribution in [3.05, 3.63) is 11.6 Å². The van der Waals surface area contributed by atoms with E-state index in [1.165, 1.54) is 0 Å². The minimum Gasteiger partial charge on any atom is -0.301 e. The lowest BCUT2D eigenvalue weighted by Gasteiger charge is -2.18. The van der Waals surface area contributed by atoms with Crippen LogP contribution in [0.5, 0.6) is 0 Å². The van der Waals surface area contributed by atoms with Gasteiger partial charge in [0.15, 0.2) is 0 Å². The zero-order chi connectivity index (χ0) is 9.68. The number of hydrogen-bond acceptors (Lipinski definition) is 3. The molecule has 0 aromatic carbocycles. The maximum Gasteiger partial charge on any atom is 0.274 e. The molecule has 0 radical (unpaired) electrons. The maximum atomic E-state index is 11.5. The first-order chi connectivity index (χ1) is 6.25. The maximum absolute atomic E-state index is 11.5. The Bertz CT molecular complexity index is 214. The number of allylic oxidation sites excluding steroid dienone is 1. The van der Waals surface area contributed by atoms with Gasteiger partial charge in [0.2, 0.25) is 0 Å². The highest BCUT2D eigenvalue weighted by molar-refractivity contribution is 5.92. The van der Waals surface area contributed by atoms with Gasteiger partial charge < -0.3 is 5.32 Å². The van der Waals surface area contributed by atoms with Crippen LogP contribution in [0.3, 0.4) is 0 Å². The van der Waals surface area contributed by atoms with E-state index in [0.717, 1.165) is 36.3 Å². The lowest BCUT2D eigenvalue weighted by molar-refractivity contribution is -0.162. The normalized spacial score (nSPS) is 16.6. The third-order valence-electron chi connectivity index (χ3n) is 2.11. The summed E-state index contributed by atoms with van der Waals surface area (Å²) in [6, 6.07) is 0. The number of rotatable bonds is 3. The van der Waals surface area contributed by atoms with Crippen molar-refractivity contribution in [2.24, 2.45) is 0 Å². The highest BCUT2D eigenvalue weighted by Crippen LogP contribution is 2.18. The molecule has 0 saturated heterocycles. The Labute approximate surface area is 78.2 Å². The van der Waals surface area contributed by atoms with Crippen molar-refractivity contribution in [2.75, 3.05) is 13.7 Å². The summed E-state index contributed by atoms with van der Waals surface area (Å²) in [5.74, 6) is -0.269. The number of nitrogens with one attached hydrogen (secondary N) is 1. The van der Waals surface area contributed by atoms with Crippen molar-refractivity contribution in [3.63, 3.8) is 0 Å². The van der Waals surface area contributed by atoms with Crippen LogP contribution in [0.2, 0.25) is 0 Å². The Morgan fingerprint density at radius 3 is 3.00 bits per heavy atom. The van der Waals surface area contributed by atoms with E-state index >= 15 is 0 Å².